The molecule has 0 aromatic carbocycles. The number of thiazole rings is 1. The van der Waals surface area contributed by atoms with E-state index in [4.69, 9.17) is 5.84 Å². The van der Waals surface area contributed by atoms with E-state index in [1.807, 2.05) is 12.3 Å². The monoisotopic (exact) mass is 291 g/mol. The minimum Gasteiger partial charge on any atom is -0.338 e. The Balaban J connectivity index is 1.53. The van der Waals surface area contributed by atoms with Crippen LogP contribution in [-0.2, 0) is 6.54 Å². The molecule has 1 saturated heterocycles. The number of nitrogen functional groups attached to an aromatic ring is 1. The molecule has 0 unspecified atom stereocenters. The van der Waals surface area contributed by atoms with Gasteiger partial charge in [0.15, 0.2) is 5.13 Å². The van der Waals surface area contributed by atoms with Gasteiger partial charge in [-0.15, -0.1) is 0 Å². The Morgan fingerprint density at radius 1 is 1.15 bits per heavy atom. The third-order valence-corrected chi connectivity index (χ3v) is 4.18. The second-order valence-electron chi connectivity index (χ2n) is 4.59. The molecule has 20 heavy (non-hydrogen) atoms. The molecule has 0 bridgehead atoms. The molecule has 8 heteroatoms. The Hall–Kier alpha value is -1.77. The van der Waals surface area contributed by atoms with Crippen molar-refractivity contribution in [1.82, 2.24) is 19.9 Å². The van der Waals surface area contributed by atoms with Gasteiger partial charge in [-0.25, -0.2) is 20.8 Å². The summed E-state index contributed by atoms with van der Waals surface area (Å²) in [5, 5.41) is 0.760. The van der Waals surface area contributed by atoms with E-state index in [-0.39, 0.29) is 0 Å². The molecule has 7 nitrogen and oxygen atoms in total. The van der Waals surface area contributed by atoms with Gasteiger partial charge in [0.2, 0.25) is 5.95 Å². The predicted molar refractivity (Wildman–Crippen MR) is 79.4 cm³/mol. The number of nitrogens with zero attached hydrogens (tertiary/aromatic N) is 5. The summed E-state index contributed by atoms with van der Waals surface area (Å²) >= 11 is 1.60. The zero-order valence-corrected chi connectivity index (χ0v) is 11.9. The van der Waals surface area contributed by atoms with Crippen molar-refractivity contribution < 1.29 is 0 Å². The predicted octanol–water partition coefficient (Wildman–Crippen LogP) is 0.541. The highest BCUT2D eigenvalue weighted by atomic mass is 32.1. The molecular formula is C12H17N7S. The number of nitrogens with two attached hydrogens (primary N) is 1. The van der Waals surface area contributed by atoms with Crippen molar-refractivity contribution >= 4 is 22.4 Å². The van der Waals surface area contributed by atoms with Gasteiger partial charge in [-0.3, -0.25) is 10.3 Å². The van der Waals surface area contributed by atoms with Crippen molar-refractivity contribution in [3.05, 3.63) is 29.5 Å². The molecule has 0 spiro atoms. The highest BCUT2D eigenvalue weighted by Crippen LogP contribution is 2.19. The number of hydrogen-bond donors (Lipinski definition) is 2. The number of hydrazine groups is 1. The van der Waals surface area contributed by atoms with Crippen molar-refractivity contribution in [3.63, 3.8) is 0 Å². The quantitative estimate of drug-likeness (QED) is 0.628. The molecule has 0 radical (unpaired) electrons. The number of hydrogen-bond acceptors (Lipinski definition) is 8. The lowest BCUT2D eigenvalue weighted by atomic mass is 10.3. The number of rotatable bonds is 4. The van der Waals surface area contributed by atoms with E-state index >= 15 is 0 Å². The van der Waals surface area contributed by atoms with Crippen LogP contribution in [-0.4, -0.2) is 46.0 Å². The first kappa shape index (κ1) is 13.2. The lowest BCUT2D eigenvalue weighted by molar-refractivity contribution is 0.250. The standard InChI is InChI=1S/C12H17N7S/c13-17-12-16-8-10(20-12)9-18-4-6-19(7-5-18)11-14-2-1-3-15-11/h1-3,8H,4-7,9,13H2,(H,16,17). The summed E-state index contributed by atoms with van der Waals surface area (Å²) in [7, 11) is 0. The molecule has 1 aliphatic rings. The van der Waals surface area contributed by atoms with Crippen LogP contribution in [0.5, 0.6) is 0 Å². The summed E-state index contributed by atoms with van der Waals surface area (Å²) in [5.74, 6) is 6.16. The number of aromatic nitrogens is 3. The smallest absolute Gasteiger partial charge is 0.225 e. The molecule has 1 aliphatic heterocycles. The van der Waals surface area contributed by atoms with Crippen LogP contribution >= 0.6 is 11.3 Å². The normalized spacial score (nSPS) is 16.4. The first-order valence-electron chi connectivity index (χ1n) is 6.51. The van der Waals surface area contributed by atoms with Crippen LogP contribution in [0.2, 0.25) is 0 Å². The van der Waals surface area contributed by atoms with Gasteiger partial charge in [-0.05, 0) is 6.07 Å². The Labute approximate surface area is 121 Å². The molecule has 1 fully saturated rings. The molecule has 0 saturated carbocycles. The van der Waals surface area contributed by atoms with Gasteiger partial charge >= 0.3 is 0 Å². The summed E-state index contributed by atoms with van der Waals surface area (Å²) in [6.45, 7) is 4.82. The van der Waals surface area contributed by atoms with E-state index in [0.29, 0.717) is 0 Å². The van der Waals surface area contributed by atoms with Crippen LogP contribution in [0.4, 0.5) is 11.1 Å². The average molecular weight is 291 g/mol. The molecule has 3 heterocycles. The van der Waals surface area contributed by atoms with E-state index < -0.39 is 0 Å². The topological polar surface area (TPSA) is 83.2 Å². The Kier molecular flexibility index (Phi) is 4.05. The van der Waals surface area contributed by atoms with E-state index in [1.54, 1.807) is 23.7 Å². The van der Waals surface area contributed by atoms with Gasteiger partial charge in [0.1, 0.15) is 0 Å². The summed E-state index contributed by atoms with van der Waals surface area (Å²) < 4.78 is 0. The third-order valence-electron chi connectivity index (χ3n) is 3.26. The maximum atomic E-state index is 5.34. The van der Waals surface area contributed by atoms with Crippen LogP contribution in [0.15, 0.2) is 24.7 Å². The Bertz CT molecular complexity index is 536. The van der Waals surface area contributed by atoms with Gasteiger partial charge in [-0.1, -0.05) is 11.3 Å². The highest BCUT2D eigenvalue weighted by molar-refractivity contribution is 7.15. The fourth-order valence-electron chi connectivity index (χ4n) is 2.23. The van der Waals surface area contributed by atoms with E-state index in [2.05, 4.69) is 30.2 Å². The maximum absolute atomic E-state index is 5.34. The lowest BCUT2D eigenvalue weighted by Crippen LogP contribution is -2.46. The second-order valence-corrected chi connectivity index (χ2v) is 5.70. The summed E-state index contributed by atoms with van der Waals surface area (Å²) in [5.41, 5.74) is 2.58. The van der Waals surface area contributed by atoms with E-state index in [9.17, 15) is 0 Å². The van der Waals surface area contributed by atoms with Crippen LogP contribution in [0.25, 0.3) is 0 Å². The zero-order chi connectivity index (χ0) is 13.8. The van der Waals surface area contributed by atoms with Crippen molar-refractivity contribution in [2.24, 2.45) is 5.84 Å². The Morgan fingerprint density at radius 3 is 2.55 bits per heavy atom. The molecule has 0 amide bonds. The van der Waals surface area contributed by atoms with Gasteiger partial charge in [0.25, 0.3) is 0 Å². The summed E-state index contributed by atoms with van der Waals surface area (Å²) in [6.07, 6.45) is 5.45. The van der Waals surface area contributed by atoms with Crippen LogP contribution in [0.1, 0.15) is 4.88 Å². The number of piperazine rings is 1. The fraction of sp³-hybridized carbons (Fsp3) is 0.417. The molecule has 0 atom stereocenters. The fourth-order valence-corrected chi connectivity index (χ4v) is 2.99. The van der Waals surface area contributed by atoms with Crippen LogP contribution in [0.3, 0.4) is 0 Å². The zero-order valence-electron chi connectivity index (χ0n) is 11.1. The SMILES string of the molecule is NNc1ncc(CN2CCN(c3ncccn3)CC2)s1. The molecule has 2 aromatic rings. The molecule has 3 rings (SSSR count). The first-order chi connectivity index (χ1) is 9.85. The van der Waals surface area contributed by atoms with E-state index in [0.717, 1.165) is 43.8 Å². The van der Waals surface area contributed by atoms with Gasteiger partial charge < -0.3 is 4.90 Å². The number of anilines is 2. The van der Waals surface area contributed by atoms with Crippen LogP contribution in [0, 0.1) is 0 Å². The lowest BCUT2D eigenvalue weighted by Gasteiger charge is -2.34. The van der Waals surface area contributed by atoms with Crippen LogP contribution < -0.4 is 16.2 Å². The Morgan fingerprint density at radius 2 is 1.90 bits per heavy atom. The number of nitrogens with one attached hydrogen (secondary N) is 1. The van der Waals surface area contributed by atoms with Crippen molar-refractivity contribution in [2.45, 2.75) is 6.54 Å². The maximum Gasteiger partial charge on any atom is 0.225 e. The average Bonchev–Trinajstić information content (AvgIpc) is 2.97. The molecule has 0 aliphatic carbocycles. The first-order valence-corrected chi connectivity index (χ1v) is 7.32. The summed E-state index contributed by atoms with van der Waals surface area (Å²) in [4.78, 5) is 18.6. The third kappa shape index (κ3) is 3.03. The van der Waals surface area contributed by atoms with Crippen molar-refractivity contribution in [1.29, 1.82) is 0 Å². The molecule has 2 aromatic heterocycles. The molecular weight excluding hydrogens is 274 g/mol. The van der Waals surface area contributed by atoms with Crippen molar-refractivity contribution in [3.8, 4) is 0 Å². The van der Waals surface area contributed by atoms with Crippen molar-refractivity contribution in [2.75, 3.05) is 36.5 Å². The molecule has 3 N–H and O–H groups in total. The highest BCUT2D eigenvalue weighted by Gasteiger charge is 2.19. The molecule has 106 valence electrons. The summed E-state index contributed by atoms with van der Waals surface area (Å²) in [6, 6.07) is 1.84. The van der Waals surface area contributed by atoms with E-state index in [1.165, 1.54) is 4.88 Å². The van der Waals surface area contributed by atoms with Gasteiger partial charge in [-0.2, -0.15) is 0 Å². The largest absolute Gasteiger partial charge is 0.338 e. The minimum absolute atomic E-state index is 0.760. The second kappa shape index (κ2) is 6.12. The van der Waals surface area contributed by atoms with Gasteiger partial charge in [0, 0.05) is 56.2 Å². The minimum atomic E-state index is 0.760. The van der Waals surface area contributed by atoms with Gasteiger partial charge in [0.05, 0.1) is 0 Å².